The van der Waals surface area contributed by atoms with Gasteiger partial charge >= 0.3 is 0 Å². The van der Waals surface area contributed by atoms with Gasteiger partial charge in [-0.2, -0.15) is 11.3 Å². The second-order valence-corrected chi connectivity index (χ2v) is 5.42. The average Bonchev–Trinajstić information content (AvgIpc) is 2.69. The minimum Gasteiger partial charge on any atom is -0.324 e. The molecule has 0 radical (unpaired) electrons. The third-order valence-corrected chi connectivity index (χ3v) is 4.04. The minimum absolute atomic E-state index is 0.262. The van der Waals surface area contributed by atoms with Crippen LogP contribution in [0.2, 0.25) is 0 Å². The zero-order valence-electron chi connectivity index (χ0n) is 10.7. The van der Waals surface area contributed by atoms with E-state index in [1.165, 1.54) is 49.7 Å². The predicted molar refractivity (Wildman–Crippen MR) is 74.0 cm³/mol. The van der Waals surface area contributed by atoms with Gasteiger partial charge in [0.25, 0.3) is 0 Å². The first-order chi connectivity index (χ1) is 7.75. The van der Waals surface area contributed by atoms with Gasteiger partial charge < -0.3 is 5.73 Å². The Morgan fingerprint density at radius 2 is 1.81 bits per heavy atom. The smallest absolute Gasteiger partial charge is 0.0305 e. The van der Waals surface area contributed by atoms with E-state index >= 15 is 0 Å². The Kier molecular flexibility index (Phi) is 6.74. The summed E-state index contributed by atoms with van der Waals surface area (Å²) in [5, 5.41) is 4.40. The molecule has 0 fully saturated rings. The third kappa shape index (κ3) is 4.67. The van der Waals surface area contributed by atoms with Crippen molar-refractivity contribution in [3.05, 3.63) is 21.9 Å². The van der Waals surface area contributed by atoms with Crippen molar-refractivity contribution in [1.29, 1.82) is 0 Å². The molecule has 2 N–H and O–H groups in total. The van der Waals surface area contributed by atoms with E-state index in [0.29, 0.717) is 0 Å². The molecule has 1 nitrogen and oxygen atoms in total. The summed E-state index contributed by atoms with van der Waals surface area (Å²) in [6, 6.07) is 0.262. The van der Waals surface area contributed by atoms with Gasteiger partial charge in [-0.1, -0.05) is 45.4 Å². The second-order valence-electron chi connectivity index (χ2n) is 4.67. The van der Waals surface area contributed by atoms with Crippen molar-refractivity contribution in [3.63, 3.8) is 0 Å². The lowest BCUT2D eigenvalue weighted by Gasteiger charge is -2.11. The molecule has 0 aliphatic heterocycles. The quantitative estimate of drug-likeness (QED) is 0.647. The van der Waals surface area contributed by atoms with Crippen LogP contribution in [0.4, 0.5) is 0 Å². The molecule has 92 valence electrons. The van der Waals surface area contributed by atoms with Crippen LogP contribution in [-0.2, 0) is 0 Å². The van der Waals surface area contributed by atoms with Crippen LogP contribution in [0.25, 0.3) is 0 Å². The average molecular weight is 239 g/mol. The molecule has 1 aromatic heterocycles. The maximum atomic E-state index is 6.19. The number of hydrogen-bond donors (Lipinski definition) is 1. The zero-order valence-corrected chi connectivity index (χ0v) is 11.5. The molecular formula is C14H25NS. The Labute approximate surface area is 104 Å². The zero-order chi connectivity index (χ0) is 11.8. The Bertz CT molecular complexity index is 280. The van der Waals surface area contributed by atoms with E-state index in [1.54, 1.807) is 11.3 Å². The molecule has 0 aromatic carbocycles. The van der Waals surface area contributed by atoms with E-state index in [4.69, 9.17) is 5.73 Å². The topological polar surface area (TPSA) is 26.0 Å². The van der Waals surface area contributed by atoms with Gasteiger partial charge in [0.15, 0.2) is 0 Å². The lowest BCUT2D eigenvalue weighted by Crippen LogP contribution is -2.10. The van der Waals surface area contributed by atoms with Crippen LogP contribution in [0.3, 0.4) is 0 Å². The predicted octanol–water partition coefficient (Wildman–Crippen LogP) is 4.81. The molecule has 1 heterocycles. The van der Waals surface area contributed by atoms with Crippen molar-refractivity contribution in [1.82, 2.24) is 0 Å². The standard InChI is InChI=1S/C14H25NS/c1-3-4-5-6-7-8-9-14(15)13-11-16-10-12(13)2/h10-11,14H,3-9,15H2,1-2H3. The summed E-state index contributed by atoms with van der Waals surface area (Å²) in [4.78, 5) is 0. The lowest BCUT2D eigenvalue weighted by molar-refractivity contribution is 0.547. The van der Waals surface area contributed by atoms with Gasteiger partial charge in [-0.25, -0.2) is 0 Å². The molecule has 1 rings (SSSR count). The van der Waals surface area contributed by atoms with E-state index in [1.807, 2.05) is 0 Å². The van der Waals surface area contributed by atoms with Crippen LogP contribution in [0.5, 0.6) is 0 Å². The summed E-state index contributed by atoms with van der Waals surface area (Å²) in [5.41, 5.74) is 8.91. The highest BCUT2D eigenvalue weighted by Crippen LogP contribution is 2.24. The van der Waals surface area contributed by atoms with Gasteiger partial charge in [0, 0.05) is 6.04 Å². The summed E-state index contributed by atoms with van der Waals surface area (Å²) >= 11 is 1.76. The van der Waals surface area contributed by atoms with Crippen molar-refractivity contribution in [2.24, 2.45) is 5.73 Å². The molecule has 1 unspecified atom stereocenters. The van der Waals surface area contributed by atoms with Crippen molar-refractivity contribution in [2.45, 2.75) is 64.8 Å². The van der Waals surface area contributed by atoms with Crippen molar-refractivity contribution >= 4 is 11.3 Å². The van der Waals surface area contributed by atoms with Crippen LogP contribution >= 0.6 is 11.3 Å². The number of nitrogens with two attached hydrogens (primary N) is 1. The normalized spacial score (nSPS) is 12.9. The maximum absolute atomic E-state index is 6.19. The Balaban J connectivity index is 2.11. The highest BCUT2D eigenvalue weighted by atomic mass is 32.1. The molecule has 0 amide bonds. The second kappa shape index (κ2) is 7.86. The van der Waals surface area contributed by atoms with E-state index in [9.17, 15) is 0 Å². The first kappa shape index (κ1) is 13.7. The Hall–Kier alpha value is -0.340. The molecule has 16 heavy (non-hydrogen) atoms. The molecule has 2 heteroatoms. The van der Waals surface area contributed by atoms with Crippen molar-refractivity contribution in [2.75, 3.05) is 0 Å². The molecule has 1 atom stereocenters. The highest BCUT2D eigenvalue weighted by molar-refractivity contribution is 7.08. The molecule has 0 bridgehead atoms. The fourth-order valence-corrected chi connectivity index (χ4v) is 2.97. The van der Waals surface area contributed by atoms with Gasteiger partial charge in [0.1, 0.15) is 0 Å². The van der Waals surface area contributed by atoms with E-state index in [-0.39, 0.29) is 6.04 Å². The molecule has 1 aromatic rings. The van der Waals surface area contributed by atoms with Crippen molar-refractivity contribution in [3.8, 4) is 0 Å². The first-order valence-electron chi connectivity index (χ1n) is 6.54. The number of rotatable bonds is 8. The van der Waals surface area contributed by atoms with Gasteiger partial charge in [-0.3, -0.25) is 0 Å². The lowest BCUT2D eigenvalue weighted by atomic mass is 10.0. The number of thiophene rings is 1. The molecule has 0 spiro atoms. The summed E-state index contributed by atoms with van der Waals surface area (Å²) in [6.45, 7) is 4.42. The van der Waals surface area contributed by atoms with E-state index in [2.05, 4.69) is 24.6 Å². The number of hydrogen-bond acceptors (Lipinski definition) is 2. The SMILES string of the molecule is CCCCCCCCC(N)c1cscc1C. The van der Waals surface area contributed by atoms with Crippen LogP contribution in [0, 0.1) is 6.92 Å². The first-order valence-corrected chi connectivity index (χ1v) is 7.48. The maximum Gasteiger partial charge on any atom is 0.0305 e. The van der Waals surface area contributed by atoms with Crippen LogP contribution in [-0.4, -0.2) is 0 Å². The van der Waals surface area contributed by atoms with Gasteiger partial charge in [0.2, 0.25) is 0 Å². The molecule has 0 saturated heterocycles. The van der Waals surface area contributed by atoms with Gasteiger partial charge in [0.05, 0.1) is 0 Å². The van der Waals surface area contributed by atoms with Crippen molar-refractivity contribution < 1.29 is 0 Å². The Morgan fingerprint density at radius 3 is 2.44 bits per heavy atom. The minimum atomic E-state index is 0.262. The summed E-state index contributed by atoms with van der Waals surface area (Å²) in [5.74, 6) is 0. The van der Waals surface area contributed by atoms with E-state index < -0.39 is 0 Å². The fourth-order valence-electron chi connectivity index (χ4n) is 2.05. The molecule has 0 aliphatic rings. The summed E-state index contributed by atoms with van der Waals surface area (Å²) in [6.07, 6.45) is 9.25. The molecule has 0 aliphatic carbocycles. The Morgan fingerprint density at radius 1 is 1.12 bits per heavy atom. The largest absolute Gasteiger partial charge is 0.324 e. The summed E-state index contributed by atoms with van der Waals surface area (Å²) < 4.78 is 0. The van der Waals surface area contributed by atoms with Gasteiger partial charge in [-0.15, -0.1) is 0 Å². The van der Waals surface area contributed by atoms with Crippen LogP contribution < -0.4 is 5.73 Å². The monoisotopic (exact) mass is 239 g/mol. The van der Waals surface area contributed by atoms with Crippen LogP contribution in [0.1, 0.15) is 69.0 Å². The fraction of sp³-hybridized carbons (Fsp3) is 0.714. The van der Waals surface area contributed by atoms with Gasteiger partial charge in [-0.05, 0) is 35.2 Å². The number of aryl methyl sites for hydroxylation is 1. The number of unbranched alkanes of at least 4 members (excludes halogenated alkanes) is 5. The molecule has 0 saturated carbocycles. The summed E-state index contributed by atoms with van der Waals surface area (Å²) in [7, 11) is 0. The third-order valence-electron chi connectivity index (χ3n) is 3.16. The molecular weight excluding hydrogens is 214 g/mol. The van der Waals surface area contributed by atoms with E-state index in [0.717, 1.165) is 6.42 Å². The highest BCUT2D eigenvalue weighted by Gasteiger charge is 2.08. The van der Waals surface area contributed by atoms with Crippen LogP contribution in [0.15, 0.2) is 10.8 Å².